The summed E-state index contributed by atoms with van der Waals surface area (Å²) in [5.74, 6) is 2.21. The summed E-state index contributed by atoms with van der Waals surface area (Å²) < 4.78 is 33.9. The maximum absolute atomic E-state index is 12.5. The summed E-state index contributed by atoms with van der Waals surface area (Å²) in [7, 11) is -3.65. The Bertz CT molecular complexity index is 1150. The summed E-state index contributed by atoms with van der Waals surface area (Å²) in [6.45, 7) is 4.81. The number of anilines is 4. The van der Waals surface area contributed by atoms with Crippen LogP contribution in [0.2, 0.25) is 0 Å². The number of ether oxygens (including phenoxy) is 1. The molecule has 10 heteroatoms. The lowest BCUT2D eigenvalue weighted by Crippen LogP contribution is -2.36. The van der Waals surface area contributed by atoms with Gasteiger partial charge in [-0.15, -0.1) is 0 Å². The predicted molar refractivity (Wildman–Crippen MR) is 124 cm³/mol. The van der Waals surface area contributed by atoms with Gasteiger partial charge in [0.25, 0.3) is 10.0 Å². The van der Waals surface area contributed by atoms with Gasteiger partial charge in [0.1, 0.15) is 17.5 Å². The van der Waals surface area contributed by atoms with E-state index in [1.165, 1.54) is 0 Å². The molecule has 1 saturated heterocycles. The molecule has 31 heavy (non-hydrogen) atoms. The van der Waals surface area contributed by atoms with Crippen LogP contribution in [0.5, 0.6) is 0 Å². The van der Waals surface area contributed by atoms with E-state index in [-0.39, 0.29) is 4.90 Å². The van der Waals surface area contributed by atoms with E-state index in [0.29, 0.717) is 30.5 Å². The zero-order valence-corrected chi connectivity index (χ0v) is 19.3. The number of rotatable bonds is 6. The van der Waals surface area contributed by atoms with Crippen LogP contribution in [-0.2, 0) is 14.8 Å². The summed E-state index contributed by atoms with van der Waals surface area (Å²) in [4.78, 5) is 11.4. The molecular weight excluding hydrogens is 482 g/mol. The quantitative estimate of drug-likeness (QED) is 0.525. The lowest BCUT2D eigenvalue weighted by Gasteiger charge is -2.28. The third kappa shape index (κ3) is 5.52. The fourth-order valence-corrected chi connectivity index (χ4v) is 4.49. The van der Waals surface area contributed by atoms with Crippen molar-refractivity contribution < 1.29 is 13.2 Å². The van der Waals surface area contributed by atoms with Crippen molar-refractivity contribution >= 4 is 49.0 Å². The zero-order valence-electron chi connectivity index (χ0n) is 16.9. The molecule has 8 nitrogen and oxygen atoms in total. The van der Waals surface area contributed by atoms with Crippen LogP contribution in [0.15, 0.2) is 64.0 Å². The van der Waals surface area contributed by atoms with Crippen molar-refractivity contribution in [3.05, 3.63) is 64.9 Å². The maximum atomic E-state index is 12.5. The number of nitrogens with one attached hydrogen (secondary N) is 2. The molecule has 162 valence electrons. The highest BCUT2D eigenvalue weighted by atomic mass is 79.9. The molecule has 0 unspecified atom stereocenters. The third-order valence-electron chi connectivity index (χ3n) is 4.69. The highest BCUT2D eigenvalue weighted by molar-refractivity contribution is 9.10. The summed E-state index contributed by atoms with van der Waals surface area (Å²) >= 11 is 3.31. The largest absolute Gasteiger partial charge is 0.378 e. The summed E-state index contributed by atoms with van der Waals surface area (Å²) in [6.07, 6.45) is 0. The number of hydrogen-bond acceptors (Lipinski definition) is 7. The van der Waals surface area contributed by atoms with Crippen molar-refractivity contribution in [3.63, 3.8) is 0 Å². The number of nitrogens with zero attached hydrogens (tertiary/aromatic N) is 3. The van der Waals surface area contributed by atoms with Crippen molar-refractivity contribution in [2.45, 2.75) is 11.8 Å². The average molecular weight is 504 g/mol. The van der Waals surface area contributed by atoms with Crippen LogP contribution >= 0.6 is 15.9 Å². The number of hydrogen-bond donors (Lipinski definition) is 2. The van der Waals surface area contributed by atoms with Crippen molar-refractivity contribution in [1.29, 1.82) is 0 Å². The van der Waals surface area contributed by atoms with Gasteiger partial charge in [0.2, 0.25) is 0 Å². The van der Waals surface area contributed by atoms with Gasteiger partial charge in [0.05, 0.1) is 18.1 Å². The van der Waals surface area contributed by atoms with E-state index >= 15 is 0 Å². The highest BCUT2D eigenvalue weighted by Gasteiger charge is 2.15. The SMILES string of the molecule is Cc1nc(Nc2ccc(NS(=O)(=O)c3ccc(Br)cc3)cc2)cc(N2CCOCC2)n1. The van der Waals surface area contributed by atoms with E-state index in [9.17, 15) is 8.42 Å². The van der Waals surface area contributed by atoms with Crippen LogP contribution in [0.4, 0.5) is 23.0 Å². The van der Waals surface area contributed by atoms with E-state index < -0.39 is 10.0 Å². The molecule has 0 bridgehead atoms. The Morgan fingerprint density at radius 1 is 0.968 bits per heavy atom. The number of aryl methyl sites for hydroxylation is 1. The lowest BCUT2D eigenvalue weighted by atomic mass is 10.3. The van der Waals surface area contributed by atoms with Gasteiger partial charge in [-0.1, -0.05) is 15.9 Å². The molecule has 2 aromatic carbocycles. The molecule has 1 aliphatic heterocycles. The predicted octanol–water partition coefficient (Wildman–Crippen LogP) is 3.93. The molecule has 3 aromatic rings. The van der Waals surface area contributed by atoms with Gasteiger partial charge < -0.3 is 15.0 Å². The normalized spacial score (nSPS) is 14.3. The van der Waals surface area contributed by atoms with Crippen LogP contribution in [0.3, 0.4) is 0 Å². The van der Waals surface area contributed by atoms with Gasteiger partial charge in [0, 0.05) is 35.0 Å². The molecule has 0 saturated carbocycles. The smallest absolute Gasteiger partial charge is 0.261 e. The Balaban J connectivity index is 1.46. The van der Waals surface area contributed by atoms with Crippen molar-refractivity contribution in [2.24, 2.45) is 0 Å². The number of aromatic nitrogens is 2. The first-order valence-electron chi connectivity index (χ1n) is 9.73. The van der Waals surface area contributed by atoms with E-state index in [0.717, 1.165) is 29.1 Å². The van der Waals surface area contributed by atoms with E-state index in [2.05, 4.69) is 40.8 Å². The Morgan fingerprint density at radius 3 is 2.29 bits per heavy atom. The van der Waals surface area contributed by atoms with Crippen molar-refractivity contribution in [2.75, 3.05) is 41.2 Å². The molecule has 0 atom stereocenters. The Kier molecular flexibility index (Phi) is 6.40. The Hall–Kier alpha value is -2.69. The molecule has 0 spiro atoms. The second-order valence-corrected chi connectivity index (χ2v) is 9.62. The third-order valence-corrected chi connectivity index (χ3v) is 6.62. The van der Waals surface area contributed by atoms with Crippen LogP contribution in [-0.4, -0.2) is 44.7 Å². The highest BCUT2D eigenvalue weighted by Crippen LogP contribution is 2.23. The molecule has 1 aliphatic rings. The Labute approximate surface area is 189 Å². The first-order valence-corrected chi connectivity index (χ1v) is 12.0. The van der Waals surface area contributed by atoms with E-state index in [1.54, 1.807) is 48.5 Å². The molecular formula is C21H22BrN5O3S. The van der Waals surface area contributed by atoms with Crippen molar-refractivity contribution in [1.82, 2.24) is 9.97 Å². The number of morpholine rings is 1. The van der Waals surface area contributed by atoms with E-state index in [1.807, 2.05) is 13.0 Å². The fraction of sp³-hybridized carbons (Fsp3) is 0.238. The standard InChI is InChI=1S/C21H22BrN5O3S/c1-15-23-20(14-21(24-15)27-10-12-30-13-11-27)25-17-4-6-18(7-5-17)26-31(28,29)19-8-2-16(22)3-9-19/h2-9,14,26H,10-13H2,1H3,(H,23,24,25). The first-order chi connectivity index (χ1) is 14.9. The van der Waals surface area contributed by atoms with Gasteiger partial charge in [-0.05, 0) is 55.5 Å². The summed E-state index contributed by atoms with van der Waals surface area (Å²) in [5, 5.41) is 3.26. The lowest BCUT2D eigenvalue weighted by molar-refractivity contribution is 0.122. The minimum Gasteiger partial charge on any atom is -0.378 e. The molecule has 0 amide bonds. The first kappa shape index (κ1) is 21.5. The second kappa shape index (κ2) is 9.21. The average Bonchev–Trinajstić information content (AvgIpc) is 2.75. The van der Waals surface area contributed by atoms with Crippen LogP contribution in [0.25, 0.3) is 0 Å². The fourth-order valence-electron chi connectivity index (χ4n) is 3.17. The number of sulfonamides is 1. The topological polar surface area (TPSA) is 96.5 Å². The van der Waals surface area contributed by atoms with Crippen LogP contribution in [0, 0.1) is 6.92 Å². The molecule has 1 aromatic heterocycles. The summed E-state index contributed by atoms with van der Waals surface area (Å²) in [6, 6.07) is 15.4. The van der Waals surface area contributed by atoms with Crippen LogP contribution < -0.4 is 14.9 Å². The van der Waals surface area contributed by atoms with Gasteiger partial charge >= 0.3 is 0 Å². The van der Waals surface area contributed by atoms with Gasteiger partial charge in [-0.25, -0.2) is 18.4 Å². The molecule has 2 heterocycles. The van der Waals surface area contributed by atoms with Gasteiger partial charge in [-0.2, -0.15) is 0 Å². The van der Waals surface area contributed by atoms with E-state index in [4.69, 9.17) is 4.74 Å². The minimum absolute atomic E-state index is 0.199. The number of benzene rings is 2. The zero-order chi connectivity index (χ0) is 21.8. The molecule has 0 radical (unpaired) electrons. The Morgan fingerprint density at radius 2 is 1.61 bits per heavy atom. The molecule has 2 N–H and O–H groups in total. The van der Waals surface area contributed by atoms with Gasteiger partial charge in [0.15, 0.2) is 0 Å². The maximum Gasteiger partial charge on any atom is 0.261 e. The molecule has 4 rings (SSSR count). The van der Waals surface area contributed by atoms with Crippen molar-refractivity contribution in [3.8, 4) is 0 Å². The second-order valence-electron chi connectivity index (χ2n) is 7.02. The summed E-state index contributed by atoms with van der Waals surface area (Å²) in [5.41, 5.74) is 1.26. The molecule has 1 fully saturated rings. The molecule has 0 aliphatic carbocycles. The van der Waals surface area contributed by atoms with Gasteiger partial charge in [-0.3, -0.25) is 4.72 Å². The number of halogens is 1. The van der Waals surface area contributed by atoms with Crippen LogP contribution in [0.1, 0.15) is 5.82 Å². The monoisotopic (exact) mass is 503 g/mol. The minimum atomic E-state index is -3.65.